The van der Waals surface area contributed by atoms with E-state index in [1.165, 1.54) is 21.6 Å². The van der Waals surface area contributed by atoms with Gasteiger partial charge in [0.15, 0.2) is 0 Å². The molecule has 0 aliphatic rings. The number of carbonyl (C=O) groups excluding carboxylic acids is 2. The van der Waals surface area contributed by atoms with Crippen molar-refractivity contribution in [1.82, 2.24) is 15.5 Å². The Kier molecular flexibility index (Phi) is 6.40. The number of hydrogen-bond donors (Lipinski definition) is 2. The first-order valence-electron chi connectivity index (χ1n) is 7.54. The van der Waals surface area contributed by atoms with Crippen LogP contribution in [0.25, 0.3) is 0 Å². The molecule has 0 heterocycles. The molecule has 22 heavy (non-hydrogen) atoms. The van der Waals surface area contributed by atoms with Gasteiger partial charge in [-0.2, -0.15) is 0 Å². The zero-order valence-electron chi connectivity index (χ0n) is 14.4. The highest BCUT2D eigenvalue weighted by molar-refractivity contribution is 5.86. The summed E-state index contributed by atoms with van der Waals surface area (Å²) in [5.74, 6) is -0.128. The number of rotatable bonds is 5. The summed E-state index contributed by atoms with van der Waals surface area (Å²) in [6, 6.07) is 5.51. The molecule has 122 valence electrons. The lowest BCUT2D eigenvalue weighted by molar-refractivity contribution is -0.130. The second-order valence-corrected chi connectivity index (χ2v) is 6.17. The fourth-order valence-corrected chi connectivity index (χ4v) is 2.50. The molecular weight excluding hydrogens is 278 g/mol. The molecule has 0 saturated carbocycles. The van der Waals surface area contributed by atoms with Gasteiger partial charge in [0.2, 0.25) is 5.91 Å². The minimum atomic E-state index is -0.539. The van der Waals surface area contributed by atoms with Crippen molar-refractivity contribution in [2.24, 2.45) is 0 Å². The number of aryl methyl sites for hydroxylation is 2. The zero-order chi connectivity index (χ0) is 16.9. The second-order valence-electron chi connectivity index (χ2n) is 6.17. The molecule has 5 heteroatoms. The number of carbonyl (C=O) groups is 2. The molecule has 0 spiro atoms. The molecular formula is C17H27N3O2. The molecule has 0 aliphatic carbocycles. The third kappa shape index (κ3) is 5.76. The van der Waals surface area contributed by atoms with Gasteiger partial charge in [-0.1, -0.05) is 29.3 Å². The van der Waals surface area contributed by atoms with E-state index in [9.17, 15) is 9.59 Å². The van der Waals surface area contributed by atoms with Gasteiger partial charge in [0.05, 0.1) is 0 Å². The quantitative estimate of drug-likeness (QED) is 0.874. The first kappa shape index (κ1) is 18.0. The summed E-state index contributed by atoms with van der Waals surface area (Å²) in [4.78, 5) is 25.1. The molecule has 0 bridgehead atoms. The molecule has 0 fully saturated rings. The van der Waals surface area contributed by atoms with Crippen LogP contribution in [0.15, 0.2) is 18.2 Å². The monoisotopic (exact) mass is 305 g/mol. The number of likely N-dealkylation sites (N-methyl/N-ethyl adjacent to an activating group) is 1. The van der Waals surface area contributed by atoms with Gasteiger partial charge in [-0.05, 0) is 39.7 Å². The van der Waals surface area contributed by atoms with E-state index < -0.39 is 6.04 Å². The molecule has 0 radical (unpaired) electrons. The zero-order valence-corrected chi connectivity index (χ0v) is 14.4. The summed E-state index contributed by atoms with van der Waals surface area (Å²) in [5, 5.41) is 5.53. The van der Waals surface area contributed by atoms with Gasteiger partial charge in [-0.25, -0.2) is 4.79 Å². The lowest BCUT2D eigenvalue weighted by Crippen LogP contribution is -2.50. The summed E-state index contributed by atoms with van der Waals surface area (Å²) < 4.78 is 0. The van der Waals surface area contributed by atoms with E-state index in [4.69, 9.17) is 0 Å². The van der Waals surface area contributed by atoms with Gasteiger partial charge in [0.1, 0.15) is 6.04 Å². The number of nitrogens with one attached hydrogen (secondary N) is 2. The Balaban J connectivity index is 2.52. The molecule has 0 saturated heterocycles. The predicted octanol–water partition coefficient (Wildman–Crippen LogP) is 2.01. The van der Waals surface area contributed by atoms with E-state index in [0.29, 0.717) is 0 Å². The SMILES string of the molecule is Cc1cc(C)cc(C[C@@H](C)NC(=O)N[C@@H](C)C(=O)N(C)C)c1. The molecule has 1 rings (SSSR count). The third-order valence-electron chi connectivity index (χ3n) is 3.36. The van der Waals surface area contributed by atoms with Crippen molar-refractivity contribution in [3.8, 4) is 0 Å². The average molecular weight is 305 g/mol. The Morgan fingerprint density at radius 3 is 2.09 bits per heavy atom. The first-order valence-corrected chi connectivity index (χ1v) is 7.54. The van der Waals surface area contributed by atoms with E-state index in [2.05, 4.69) is 42.7 Å². The Morgan fingerprint density at radius 1 is 1.05 bits per heavy atom. The molecule has 2 atom stereocenters. The number of nitrogens with zero attached hydrogens (tertiary/aromatic N) is 1. The first-order chi connectivity index (χ1) is 10.2. The number of urea groups is 1. The van der Waals surface area contributed by atoms with E-state index in [0.717, 1.165) is 6.42 Å². The molecule has 5 nitrogen and oxygen atoms in total. The van der Waals surface area contributed by atoms with Crippen molar-refractivity contribution >= 4 is 11.9 Å². The van der Waals surface area contributed by atoms with Crippen molar-refractivity contribution in [3.63, 3.8) is 0 Å². The lowest BCUT2D eigenvalue weighted by atomic mass is 10.0. The topological polar surface area (TPSA) is 61.4 Å². The van der Waals surface area contributed by atoms with Crippen LogP contribution in [-0.2, 0) is 11.2 Å². The fourth-order valence-electron chi connectivity index (χ4n) is 2.50. The van der Waals surface area contributed by atoms with Crippen molar-refractivity contribution < 1.29 is 9.59 Å². The molecule has 0 unspecified atom stereocenters. The number of amides is 3. The highest BCUT2D eigenvalue weighted by Crippen LogP contribution is 2.10. The summed E-state index contributed by atoms with van der Waals surface area (Å²) in [5.41, 5.74) is 3.64. The van der Waals surface area contributed by atoms with Gasteiger partial charge < -0.3 is 15.5 Å². The van der Waals surface area contributed by atoms with Crippen LogP contribution >= 0.6 is 0 Å². The van der Waals surface area contributed by atoms with Gasteiger partial charge >= 0.3 is 6.03 Å². The van der Waals surface area contributed by atoms with Crippen molar-refractivity contribution in [2.45, 2.75) is 46.2 Å². The Labute approximate surface area is 133 Å². The molecule has 3 amide bonds. The summed E-state index contributed by atoms with van der Waals surface area (Å²) >= 11 is 0. The van der Waals surface area contributed by atoms with Crippen molar-refractivity contribution in [1.29, 1.82) is 0 Å². The standard InChI is InChI=1S/C17H27N3O2/c1-11-7-12(2)9-15(8-11)10-13(3)18-17(22)19-14(4)16(21)20(5)6/h7-9,13-14H,10H2,1-6H3,(H2,18,19,22)/t13-,14+/m1/s1. The molecule has 0 aromatic heterocycles. The Bertz CT molecular complexity index is 520. The van der Waals surface area contributed by atoms with Gasteiger partial charge in [0, 0.05) is 20.1 Å². The van der Waals surface area contributed by atoms with E-state index in [1.54, 1.807) is 21.0 Å². The molecule has 0 aliphatic heterocycles. The predicted molar refractivity (Wildman–Crippen MR) is 88.9 cm³/mol. The summed E-state index contributed by atoms with van der Waals surface area (Å²) in [7, 11) is 3.34. The fraction of sp³-hybridized carbons (Fsp3) is 0.529. The largest absolute Gasteiger partial charge is 0.347 e. The van der Waals surface area contributed by atoms with Crippen LogP contribution < -0.4 is 10.6 Å². The minimum Gasteiger partial charge on any atom is -0.347 e. The third-order valence-corrected chi connectivity index (χ3v) is 3.36. The highest BCUT2D eigenvalue weighted by Gasteiger charge is 2.18. The van der Waals surface area contributed by atoms with Crippen LogP contribution in [-0.4, -0.2) is 43.0 Å². The molecule has 1 aromatic rings. The lowest BCUT2D eigenvalue weighted by Gasteiger charge is -2.20. The smallest absolute Gasteiger partial charge is 0.315 e. The van der Waals surface area contributed by atoms with Gasteiger partial charge in [0.25, 0.3) is 0 Å². The van der Waals surface area contributed by atoms with Crippen LogP contribution in [0, 0.1) is 13.8 Å². The van der Waals surface area contributed by atoms with Crippen LogP contribution in [0.5, 0.6) is 0 Å². The number of benzene rings is 1. The Hall–Kier alpha value is -2.04. The van der Waals surface area contributed by atoms with E-state index >= 15 is 0 Å². The van der Waals surface area contributed by atoms with Crippen LogP contribution in [0.3, 0.4) is 0 Å². The van der Waals surface area contributed by atoms with Crippen molar-refractivity contribution in [2.75, 3.05) is 14.1 Å². The van der Waals surface area contributed by atoms with Crippen LogP contribution in [0.1, 0.15) is 30.5 Å². The van der Waals surface area contributed by atoms with E-state index in [-0.39, 0.29) is 18.0 Å². The molecule has 1 aromatic carbocycles. The number of hydrogen-bond acceptors (Lipinski definition) is 2. The van der Waals surface area contributed by atoms with E-state index in [1.807, 2.05) is 6.92 Å². The van der Waals surface area contributed by atoms with Crippen LogP contribution in [0.2, 0.25) is 0 Å². The minimum absolute atomic E-state index is 0.0112. The van der Waals surface area contributed by atoms with Gasteiger partial charge in [-0.3, -0.25) is 4.79 Å². The maximum atomic E-state index is 11.9. The summed E-state index contributed by atoms with van der Waals surface area (Å²) in [6.45, 7) is 7.76. The van der Waals surface area contributed by atoms with Gasteiger partial charge in [-0.15, -0.1) is 0 Å². The second kappa shape index (κ2) is 7.82. The average Bonchev–Trinajstić information content (AvgIpc) is 2.35. The maximum Gasteiger partial charge on any atom is 0.315 e. The normalized spacial score (nSPS) is 13.2. The summed E-state index contributed by atoms with van der Waals surface area (Å²) in [6.07, 6.45) is 0.756. The highest BCUT2D eigenvalue weighted by atomic mass is 16.2. The maximum absolute atomic E-state index is 11.9. The van der Waals surface area contributed by atoms with Crippen LogP contribution in [0.4, 0.5) is 4.79 Å². The Morgan fingerprint density at radius 2 is 1.59 bits per heavy atom. The molecule has 2 N–H and O–H groups in total. The van der Waals surface area contributed by atoms with Crippen molar-refractivity contribution in [3.05, 3.63) is 34.9 Å².